The van der Waals surface area contributed by atoms with Crippen molar-refractivity contribution in [2.45, 2.75) is 32.2 Å². The molecule has 2 rings (SSSR count). The van der Waals surface area contributed by atoms with Crippen molar-refractivity contribution in [1.29, 1.82) is 0 Å². The number of hydrogen-bond donors (Lipinski definition) is 2. The molecule has 0 saturated heterocycles. The standard InChI is InChI=1S/C18H28BrN3O2/c1-20-17(22-13-18(7-4-8-18)9-10-23-2)21-12-14-5-6-16(24-3)15(19)11-14/h5-6,11H,4,7-10,12-13H2,1-3H3,(H2,20,21,22). The molecule has 134 valence electrons. The first kappa shape index (κ1) is 19.1. The summed E-state index contributed by atoms with van der Waals surface area (Å²) < 4.78 is 11.5. The van der Waals surface area contributed by atoms with Crippen LogP contribution in [0.25, 0.3) is 0 Å². The van der Waals surface area contributed by atoms with Crippen LogP contribution in [0.15, 0.2) is 27.7 Å². The number of halogens is 1. The van der Waals surface area contributed by atoms with E-state index in [0.717, 1.165) is 35.8 Å². The number of hydrogen-bond acceptors (Lipinski definition) is 3. The van der Waals surface area contributed by atoms with Gasteiger partial charge in [-0.1, -0.05) is 12.5 Å². The second kappa shape index (κ2) is 9.28. The van der Waals surface area contributed by atoms with Gasteiger partial charge in [-0.2, -0.15) is 0 Å². The second-order valence-corrected chi connectivity index (χ2v) is 7.20. The third-order valence-corrected chi connectivity index (χ3v) is 5.40. The molecule has 6 heteroatoms. The lowest BCUT2D eigenvalue weighted by molar-refractivity contribution is 0.0732. The summed E-state index contributed by atoms with van der Waals surface area (Å²) in [6.07, 6.45) is 4.97. The largest absolute Gasteiger partial charge is 0.496 e. The van der Waals surface area contributed by atoms with Gasteiger partial charge < -0.3 is 20.1 Å². The van der Waals surface area contributed by atoms with Crippen molar-refractivity contribution in [2.24, 2.45) is 10.4 Å². The summed E-state index contributed by atoms with van der Waals surface area (Å²) in [5.74, 6) is 1.68. The number of rotatable bonds is 8. The summed E-state index contributed by atoms with van der Waals surface area (Å²) in [6.45, 7) is 2.49. The molecular weight excluding hydrogens is 370 g/mol. The summed E-state index contributed by atoms with van der Waals surface area (Å²) in [7, 11) is 5.25. The zero-order chi connectivity index (χ0) is 17.4. The molecule has 1 aliphatic carbocycles. The average molecular weight is 398 g/mol. The van der Waals surface area contributed by atoms with Gasteiger partial charge in [-0.15, -0.1) is 0 Å². The van der Waals surface area contributed by atoms with E-state index < -0.39 is 0 Å². The number of aliphatic imine (C=N–C) groups is 1. The predicted octanol–water partition coefficient (Wildman–Crippen LogP) is 3.33. The number of nitrogens with one attached hydrogen (secondary N) is 2. The smallest absolute Gasteiger partial charge is 0.191 e. The molecule has 2 N–H and O–H groups in total. The van der Waals surface area contributed by atoms with Crippen LogP contribution in [0.3, 0.4) is 0 Å². The number of nitrogens with zero attached hydrogens (tertiary/aromatic N) is 1. The summed E-state index contributed by atoms with van der Waals surface area (Å²) >= 11 is 3.52. The van der Waals surface area contributed by atoms with Crippen molar-refractivity contribution in [3.63, 3.8) is 0 Å². The van der Waals surface area contributed by atoms with E-state index in [9.17, 15) is 0 Å². The van der Waals surface area contributed by atoms with Crippen molar-refractivity contribution in [2.75, 3.05) is 34.4 Å². The quantitative estimate of drug-likeness (QED) is 0.521. The van der Waals surface area contributed by atoms with Crippen LogP contribution in [0, 0.1) is 5.41 Å². The van der Waals surface area contributed by atoms with Crippen LogP contribution in [-0.4, -0.2) is 40.4 Å². The van der Waals surface area contributed by atoms with Crippen LogP contribution in [0.4, 0.5) is 0 Å². The Hall–Kier alpha value is -1.27. The average Bonchev–Trinajstić information content (AvgIpc) is 2.56. The van der Waals surface area contributed by atoms with Crippen LogP contribution in [0.2, 0.25) is 0 Å². The second-order valence-electron chi connectivity index (χ2n) is 6.34. The minimum absolute atomic E-state index is 0.372. The first-order valence-corrected chi connectivity index (χ1v) is 9.18. The molecule has 5 nitrogen and oxygen atoms in total. The Morgan fingerprint density at radius 3 is 2.62 bits per heavy atom. The highest BCUT2D eigenvalue weighted by Crippen LogP contribution is 2.43. The van der Waals surface area contributed by atoms with E-state index in [1.807, 2.05) is 13.1 Å². The SMILES string of the molecule is CN=C(NCc1ccc(OC)c(Br)c1)NCC1(CCOC)CCC1. The van der Waals surface area contributed by atoms with Crippen LogP contribution >= 0.6 is 15.9 Å². The van der Waals surface area contributed by atoms with E-state index in [4.69, 9.17) is 9.47 Å². The number of benzene rings is 1. The maximum Gasteiger partial charge on any atom is 0.191 e. The van der Waals surface area contributed by atoms with Crippen molar-refractivity contribution < 1.29 is 9.47 Å². The van der Waals surface area contributed by atoms with Gasteiger partial charge in [-0.25, -0.2) is 0 Å². The monoisotopic (exact) mass is 397 g/mol. The molecule has 1 fully saturated rings. The van der Waals surface area contributed by atoms with Gasteiger partial charge in [-0.05, 0) is 58.3 Å². The Morgan fingerprint density at radius 1 is 1.29 bits per heavy atom. The highest BCUT2D eigenvalue weighted by atomic mass is 79.9. The molecule has 0 heterocycles. The van der Waals surface area contributed by atoms with Gasteiger partial charge in [0.15, 0.2) is 5.96 Å². The molecule has 1 saturated carbocycles. The van der Waals surface area contributed by atoms with E-state index in [0.29, 0.717) is 12.0 Å². The Labute approximate surface area is 153 Å². The lowest BCUT2D eigenvalue weighted by Crippen LogP contribution is -2.46. The molecule has 0 unspecified atom stereocenters. The Kier molecular flexibility index (Phi) is 7.37. The van der Waals surface area contributed by atoms with Gasteiger partial charge in [0.1, 0.15) is 5.75 Å². The fourth-order valence-electron chi connectivity index (χ4n) is 3.01. The normalized spacial score (nSPS) is 16.4. The predicted molar refractivity (Wildman–Crippen MR) is 102 cm³/mol. The minimum atomic E-state index is 0.372. The Bertz CT molecular complexity index is 559. The molecular formula is C18H28BrN3O2. The summed E-state index contributed by atoms with van der Waals surface area (Å²) in [5, 5.41) is 6.85. The van der Waals surface area contributed by atoms with Gasteiger partial charge >= 0.3 is 0 Å². The van der Waals surface area contributed by atoms with Gasteiger partial charge in [0.05, 0.1) is 11.6 Å². The van der Waals surface area contributed by atoms with E-state index in [1.54, 1.807) is 14.2 Å². The number of methoxy groups -OCH3 is 2. The van der Waals surface area contributed by atoms with E-state index in [2.05, 4.69) is 43.7 Å². The van der Waals surface area contributed by atoms with Crippen LogP contribution in [0.1, 0.15) is 31.2 Å². The summed E-state index contributed by atoms with van der Waals surface area (Å²) in [5.41, 5.74) is 1.54. The molecule has 0 spiro atoms. The third kappa shape index (κ3) is 5.11. The highest BCUT2D eigenvalue weighted by Gasteiger charge is 2.36. The van der Waals surface area contributed by atoms with Gasteiger partial charge in [0.25, 0.3) is 0 Å². The summed E-state index contributed by atoms with van der Waals surface area (Å²) in [6, 6.07) is 6.08. The number of guanidine groups is 1. The van der Waals surface area contributed by atoms with Crippen molar-refractivity contribution in [1.82, 2.24) is 10.6 Å². The maximum atomic E-state index is 5.26. The highest BCUT2D eigenvalue weighted by molar-refractivity contribution is 9.10. The van der Waals surface area contributed by atoms with E-state index in [-0.39, 0.29) is 0 Å². The minimum Gasteiger partial charge on any atom is -0.496 e. The molecule has 24 heavy (non-hydrogen) atoms. The Balaban J connectivity index is 1.83. The number of ether oxygens (including phenoxy) is 2. The Morgan fingerprint density at radius 2 is 2.08 bits per heavy atom. The zero-order valence-electron chi connectivity index (χ0n) is 14.8. The topological polar surface area (TPSA) is 54.9 Å². The molecule has 0 amide bonds. The van der Waals surface area contributed by atoms with Crippen LogP contribution < -0.4 is 15.4 Å². The molecule has 0 atom stereocenters. The van der Waals surface area contributed by atoms with E-state index >= 15 is 0 Å². The fourth-order valence-corrected chi connectivity index (χ4v) is 3.60. The molecule has 1 aromatic carbocycles. The van der Waals surface area contributed by atoms with E-state index in [1.165, 1.54) is 24.8 Å². The molecule has 0 aromatic heterocycles. The van der Waals surface area contributed by atoms with Crippen LogP contribution in [-0.2, 0) is 11.3 Å². The molecule has 1 aliphatic rings. The molecule has 1 aromatic rings. The first-order valence-electron chi connectivity index (χ1n) is 8.38. The third-order valence-electron chi connectivity index (χ3n) is 4.78. The van der Waals surface area contributed by atoms with Crippen molar-refractivity contribution in [3.05, 3.63) is 28.2 Å². The summed E-state index contributed by atoms with van der Waals surface area (Å²) in [4.78, 5) is 4.33. The van der Waals surface area contributed by atoms with Gasteiger partial charge in [-0.3, -0.25) is 4.99 Å². The first-order chi connectivity index (χ1) is 11.6. The molecule has 0 bridgehead atoms. The zero-order valence-corrected chi connectivity index (χ0v) is 16.4. The van der Waals surface area contributed by atoms with Crippen molar-refractivity contribution >= 4 is 21.9 Å². The lowest BCUT2D eigenvalue weighted by Gasteiger charge is -2.42. The lowest BCUT2D eigenvalue weighted by atomic mass is 9.67. The van der Waals surface area contributed by atoms with Crippen molar-refractivity contribution in [3.8, 4) is 5.75 Å². The maximum absolute atomic E-state index is 5.26. The molecule has 0 radical (unpaired) electrons. The molecule has 0 aliphatic heterocycles. The van der Waals surface area contributed by atoms with Gasteiger partial charge in [0, 0.05) is 33.9 Å². The fraction of sp³-hybridized carbons (Fsp3) is 0.611. The van der Waals surface area contributed by atoms with Gasteiger partial charge in [0.2, 0.25) is 0 Å². The van der Waals surface area contributed by atoms with Crippen LogP contribution in [0.5, 0.6) is 5.75 Å².